The van der Waals surface area contributed by atoms with Gasteiger partial charge in [0.05, 0.1) is 10.8 Å². The Morgan fingerprint density at radius 2 is 0.700 bits per heavy atom. The van der Waals surface area contributed by atoms with Gasteiger partial charge in [0, 0.05) is 43.4 Å². The minimum absolute atomic E-state index is 0.117. The smallest absolute Gasteiger partial charge is 0.144 e. The molecule has 0 saturated heterocycles. The molecule has 0 radical (unpaired) electrons. The second-order valence-corrected chi connectivity index (χ2v) is 30.8. The highest BCUT2D eigenvalue weighted by Crippen LogP contribution is 2.66. The quantitative estimate of drug-likeness (QED) is 0.144. The summed E-state index contributed by atoms with van der Waals surface area (Å²) in [5, 5.41) is 4.71. The van der Waals surface area contributed by atoms with Crippen LogP contribution < -0.4 is 0 Å². The van der Waals surface area contributed by atoms with E-state index in [1.807, 2.05) is 0 Å². The summed E-state index contributed by atoms with van der Waals surface area (Å²) < 4.78 is 14.0. The molecule has 0 fully saturated rings. The van der Waals surface area contributed by atoms with Gasteiger partial charge in [-0.1, -0.05) is 308 Å². The Morgan fingerprint density at radius 1 is 0.270 bits per heavy atom. The zero-order valence-corrected chi connectivity index (χ0v) is 57.1. The fraction of sp³-hybridized carbons (Fsp3) is 0.143. The van der Waals surface area contributed by atoms with Gasteiger partial charge in [-0.25, -0.2) is 0 Å². The third kappa shape index (κ3) is 7.43. The van der Waals surface area contributed by atoms with E-state index in [0.29, 0.717) is 0 Å². The molecule has 5 aliphatic carbocycles. The molecule has 0 bridgehead atoms. The lowest BCUT2D eigenvalue weighted by Crippen LogP contribution is -2.30. The first kappa shape index (κ1) is 57.7. The first-order valence-electron chi connectivity index (χ1n) is 35.9. The number of fused-ring (bicyclic) bond motifs is 25. The minimum Gasteiger partial charge on any atom is -0.456 e. The molecule has 2 nitrogen and oxygen atoms in total. The van der Waals surface area contributed by atoms with Crippen LogP contribution in [0.15, 0.2) is 306 Å². The van der Waals surface area contributed by atoms with Crippen molar-refractivity contribution < 1.29 is 8.83 Å². The zero-order chi connectivity index (χ0) is 66.8. The van der Waals surface area contributed by atoms with Gasteiger partial charge in [-0.05, 0) is 194 Å². The van der Waals surface area contributed by atoms with Gasteiger partial charge in [-0.3, -0.25) is 0 Å². The summed E-state index contributed by atoms with van der Waals surface area (Å²) in [5.74, 6) is 0.117. The Balaban J connectivity index is 0.774. The van der Waals surface area contributed by atoms with E-state index in [1.54, 1.807) is 0 Å². The summed E-state index contributed by atoms with van der Waals surface area (Å²) in [6, 6.07) is 114. The van der Waals surface area contributed by atoms with Crippen molar-refractivity contribution in [3.63, 3.8) is 0 Å². The van der Waals surface area contributed by atoms with E-state index in [0.717, 1.165) is 45.9 Å². The maximum Gasteiger partial charge on any atom is 0.144 e. The van der Waals surface area contributed by atoms with Gasteiger partial charge in [-0.2, -0.15) is 0 Å². The van der Waals surface area contributed by atoms with E-state index in [9.17, 15) is 0 Å². The first-order valence-corrected chi connectivity index (χ1v) is 35.9. The van der Waals surface area contributed by atoms with Crippen LogP contribution in [0.2, 0.25) is 0 Å². The van der Waals surface area contributed by atoms with Crippen molar-refractivity contribution in [1.29, 1.82) is 0 Å². The average Bonchev–Trinajstić information content (AvgIpc) is 1.51. The van der Waals surface area contributed by atoms with E-state index >= 15 is 0 Å². The molecule has 0 aliphatic heterocycles. The third-order valence-electron chi connectivity index (χ3n) is 24.8. The minimum atomic E-state index is -0.698. The number of benzene rings is 14. The molecule has 100 heavy (non-hydrogen) atoms. The van der Waals surface area contributed by atoms with Gasteiger partial charge in [0.25, 0.3) is 0 Å². The molecule has 0 saturated carbocycles. The van der Waals surface area contributed by atoms with Crippen molar-refractivity contribution in [2.75, 3.05) is 0 Å². The zero-order valence-electron chi connectivity index (χ0n) is 57.1. The Kier molecular flexibility index (Phi) is 11.8. The lowest BCUT2D eigenvalue weighted by atomic mass is 9.66. The highest BCUT2D eigenvalue weighted by molar-refractivity contribution is 6.21. The standard InChI is InChI=1S/C98H72O2/c1-94(2)75-39-23-19-35-66(75)67-48-45-60(55-79(67)94)61(51-58-44-47-70-78(53-58)96(5,6)91-88(70)89-72-38-22-26-42-84(72)100-93(89)90-69-36-20-24-40-76(69)95(3,4)92(90)91)52-59-43-46-68-73-56-82-74(57-81(73)98(80(68)54-59,64-31-15-9-16-32-64)65-33-17-10-18-34-65)86-77(49-50-85-87(86)71-37-21-25-41-83(71)99-85)97(82,62-27-11-7-12-28-62)63-29-13-8-14-30-63/h7-50,53-57,61H,51-52H2,1-6H3. The molecule has 2 heterocycles. The van der Waals surface area contributed by atoms with Crippen LogP contribution in [0.1, 0.15) is 142 Å². The fourth-order valence-electron chi connectivity index (χ4n) is 20.5. The van der Waals surface area contributed by atoms with Crippen molar-refractivity contribution in [2.45, 2.75) is 87.4 Å². The van der Waals surface area contributed by atoms with Gasteiger partial charge >= 0.3 is 0 Å². The molecule has 5 aliphatic rings. The number of hydrogen-bond acceptors (Lipinski definition) is 2. The maximum absolute atomic E-state index is 7.11. The predicted molar refractivity (Wildman–Crippen MR) is 411 cm³/mol. The molecule has 0 spiro atoms. The number of hydrogen-bond donors (Lipinski definition) is 0. The molecule has 14 aromatic carbocycles. The maximum atomic E-state index is 7.11. The molecule has 0 N–H and O–H groups in total. The molecule has 2 aromatic heterocycles. The molecular formula is C98H72O2. The number of para-hydroxylation sites is 2. The highest BCUT2D eigenvalue weighted by atomic mass is 16.3. The molecule has 476 valence electrons. The van der Waals surface area contributed by atoms with Gasteiger partial charge in [0.1, 0.15) is 22.3 Å². The Morgan fingerprint density at radius 3 is 1.34 bits per heavy atom. The van der Waals surface area contributed by atoms with E-state index in [4.69, 9.17) is 8.83 Å². The summed E-state index contributed by atoms with van der Waals surface area (Å²) >= 11 is 0. The van der Waals surface area contributed by atoms with Crippen molar-refractivity contribution >= 4 is 43.9 Å². The van der Waals surface area contributed by atoms with Crippen LogP contribution >= 0.6 is 0 Å². The molecule has 1 atom stereocenters. The summed E-state index contributed by atoms with van der Waals surface area (Å²) in [7, 11) is 0. The van der Waals surface area contributed by atoms with E-state index in [2.05, 4.69) is 339 Å². The van der Waals surface area contributed by atoms with Gasteiger partial charge in [0.2, 0.25) is 0 Å². The van der Waals surface area contributed by atoms with Crippen molar-refractivity contribution in [1.82, 2.24) is 0 Å². The molecule has 2 heteroatoms. The van der Waals surface area contributed by atoms with Crippen molar-refractivity contribution in [3.8, 4) is 55.6 Å². The van der Waals surface area contributed by atoms with Crippen LogP contribution in [-0.2, 0) is 39.9 Å². The van der Waals surface area contributed by atoms with Gasteiger partial charge in [0.15, 0.2) is 0 Å². The lowest BCUT2D eigenvalue weighted by molar-refractivity contribution is 0.598. The predicted octanol–water partition coefficient (Wildman–Crippen LogP) is 24.7. The SMILES string of the molecule is CC1(C)c2ccccc2-c2ccc(C(Cc3ccc4c(c3)C(C)(C)c3c5c(c6oc7ccccc7c6c3-4)-c3ccccc3C5(C)C)Cc3ccc4c(c3)C(c3ccccc3)(c3ccccc3)c3cc5c(cc3-4)C(c3ccccc3)(c3ccccc3)c3ccc4oc6ccccc6c4c3-5)cc21. The summed E-state index contributed by atoms with van der Waals surface area (Å²) in [5.41, 5.74) is 37.2. The first-order chi connectivity index (χ1) is 48.9. The van der Waals surface area contributed by atoms with E-state index < -0.39 is 10.8 Å². The summed E-state index contributed by atoms with van der Waals surface area (Å²) in [6.07, 6.45) is 1.69. The fourth-order valence-corrected chi connectivity index (χ4v) is 20.5. The van der Waals surface area contributed by atoms with E-state index in [1.165, 1.54) is 161 Å². The van der Waals surface area contributed by atoms with Crippen molar-refractivity contribution in [3.05, 3.63) is 392 Å². The topological polar surface area (TPSA) is 26.3 Å². The second-order valence-electron chi connectivity index (χ2n) is 30.8. The number of rotatable bonds is 9. The molecule has 1 unspecified atom stereocenters. The van der Waals surface area contributed by atoms with Crippen LogP contribution in [0.3, 0.4) is 0 Å². The van der Waals surface area contributed by atoms with Crippen LogP contribution in [0.5, 0.6) is 0 Å². The summed E-state index contributed by atoms with van der Waals surface area (Å²) in [6.45, 7) is 14.7. The van der Waals surface area contributed by atoms with Crippen LogP contribution in [0.4, 0.5) is 0 Å². The molecular weight excluding hydrogens is 1210 g/mol. The lowest BCUT2D eigenvalue weighted by Gasteiger charge is -2.35. The van der Waals surface area contributed by atoms with Gasteiger partial charge in [-0.15, -0.1) is 0 Å². The third-order valence-corrected chi connectivity index (χ3v) is 24.8. The number of furan rings is 2. The average molecular weight is 1280 g/mol. The largest absolute Gasteiger partial charge is 0.456 e. The molecule has 21 rings (SSSR count). The Bertz CT molecular complexity index is 6090. The van der Waals surface area contributed by atoms with Crippen LogP contribution in [0, 0.1) is 0 Å². The van der Waals surface area contributed by atoms with Crippen LogP contribution in [-0.4, -0.2) is 0 Å². The van der Waals surface area contributed by atoms with Crippen LogP contribution in [0.25, 0.3) is 99.5 Å². The Hall–Kier alpha value is -11.3. The molecule has 16 aromatic rings. The van der Waals surface area contributed by atoms with Crippen molar-refractivity contribution in [2.24, 2.45) is 0 Å². The second kappa shape index (κ2) is 20.4. The van der Waals surface area contributed by atoms with Gasteiger partial charge < -0.3 is 8.83 Å². The Labute approximate surface area is 583 Å². The van der Waals surface area contributed by atoms with E-state index in [-0.39, 0.29) is 22.2 Å². The highest BCUT2D eigenvalue weighted by Gasteiger charge is 2.53. The summed E-state index contributed by atoms with van der Waals surface area (Å²) in [4.78, 5) is 0. The molecule has 0 amide bonds. The monoisotopic (exact) mass is 1280 g/mol. The normalized spacial score (nSPS) is 16.1.